The fraction of sp³-hybridized carbons (Fsp3) is 0.667. The highest BCUT2D eigenvalue weighted by molar-refractivity contribution is 9.11. The lowest BCUT2D eigenvalue weighted by Gasteiger charge is -2.44. The molecule has 8 heteroatoms. The molecule has 3 fully saturated rings. The van der Waals surface area contributed by atoms with E-state index in [-0.39, 0.29) is 6.04 Å². The smallest absolute Gasteiger partial charge is 0.242 e. The Bertz CT molecular complexity index is 594. The van der Waals surface area contributed by atoms with E-state index in [1.54, 1.807) is 6.07 Å². The van der Waals surface area contributed by atoms with E-state index >= 15 is 0 Å². The van der Waals surface area contributed by atoms with Gasteiger partial charge in [-0.05, 0) is 53.8 Å². The summed E-state index contributed by atoms with van der Waals surface area (Å²) in [5, 5.41) is 0. The van der Waals surface area contributed by atoms with Crippen LogP contribution in [0.4, 0.5) is 0 Å². The van der Waals surface area contributed by atoms with Gasteiger partial charge >= 0.3 is 0 Å². The molecular weight excluding hydrogens is 362 g/mol. The highest BCUT2D eigenvalue weighted by Gasteiger charge is 2.37. The number of thiophene rings is 1. The van der Waals surface area contributed by atoms with Gasteiger partial charge in [-0.3, -0.25) is 0 Å². The highest BCUT2D eigenvalue weighted by Crippen LogP contribution is 2.33. The molecule has 1 aromatic heterocycles. The molecule has 0 saturated carbocycles. The summed E-state index contributed by atoms with van der Waals surface area (Å²) >= 11 is 4.71. The van der Waals surface area contributed by atoms with Crippen LogP contribution in [-0.4, -0.2) is 39.0 Å². The molecule has 1 atom stereocenters. The molecule has 3 aliphatic heterocycles. The van der Waals surface area contributed by atoms with Crippen molar-refractivity contribution in [3.05, 3.63) is 14.7 Å². The SMILES string of the molecule is NCc1cc(S(=O)(=O)NC2CN3CCC2CC3)c(Br)s1. The number of hydrogen-bond acceptors (Lipinski definition) is 5. The van der Waals surface area contributed by atoms with Crippen molar-refractivity contribution in [1.82, 2.24) is 9.62 Å². The Hall–Kier alpha value is 0.01000. The van der Waals surface area contributed by atoms with Crippen LogP contribution in [0.3, 0.4) is 0 Å². The molecule has 4 rings (SSSR count). The van der Waals surface area contributed by atoms with E-state index in [0.717, 1.165) is 37.4 Å². The molecule has 20 heavy (non-hydrogen) atoms. The maximum absolute atomic E-state index is 12.5. The van der Waals surface area contributed by atoms with Gasteiger partial charge in [-0.25, -0.2) is 13.1 Å². The number of nitrogens with one attached hydrogen (secondary N) is 1. The molecule has 0 amide bonds. The van der Waals surface area contributed by atoms with Gasteiger partial charge in [0.05, 0.1) is 3.79 Å². The normalized spacial score (nSPS) is 29.8. The van der Waals surface area contributed by atoms with Crippen LogP contribution < -0.4 is 10.5 Å². The maximum atomic E-state index is 12.5. The summed E-state index contributed by atoms with van der Waals surface area (Å²) in [6, 6.07) is 1.70. The first-order valence-electron chi connectivity index (χ1n) is 6.72. The second kappa shape index (κ2) is 5.66. The zero-order valence-electron chi connectivity index (χ0n) is 11.0. The van der Waals surface area contributed by atoms with Crippen molar-refractivity contribution in [1.29, 1.82) is 0 Å². The molecule has 1 aromatic rings. The predicted molar refractivity (Wildman–Crippen MR) is 83.2 cm³/mol. The topological polar surface area (TPSA) is 75.4 Å². The molecule has 0 radical (unpaired) electrons. The average Bonchev–Trinajstić information content (AvgIpc) is 2.82. The van der Waals surface area contributed by atoms with Gasteiger partial charge < -0.3 is 10.6 Å². The van der Waals surface area contributed by atoms with Crippen molar-refractivity contribution in [3.8, 4) is 0 Å². The Kier molecular flexibility index (Phi) is 4.22. The van der Waals surface area contributed by atoms with E-state index in [1.165, 1.54) is 11.3 Å². The average molecular weight is 380 g/mol. The summed E-state index contributed by atoms with van der Waals surface area (Å²) in [5.74, 6) is 0.473. The third-order valence-electron chi connectivity index (χ3n) is 4.16. The molecule has 3 aliphatic rings. The van der Waals surface area contributed by atoms with Crippen LogP contribution in [0.25, 0.3) is 0 Å². The monoisotopic (exact) mass is 379 g/mol. The van der Waals surface area contributed by atoms with Crippen LogP contribution >= 0.6 is 27.3 Å². The van der Waals surface area contributed by atoms with E-state index in [2.05, 4.69) is 25.6 Å². The molecule has 0 aliphatic carbocycles. The maximum Gasteiger partial charge on any atom is 0.242 e. The standard InChI is InChI=1S/C12H18BrN3O2S2/c13-12-11(5-9(6-14)19-12)20(17,18)15-10-7-16-3-1-8(10)2-4-16/h5,8,10,15H,1-4,6-7,14H2. The minimum atomic E-state index is -3.47. The van der Waals surface area contributed by atoms with Crippen LogP contribution in [0.1, 0.15) is 17.7 Å². The summed E-state index contributed by atoms with van der Waals surface area (Å²) in [7, 11) is -3.47. The number of piperidine rings is 3. The zero-order valence-corrected chi connectivity index (χ0v) is 14.2. The molecular formula is C12H18BrN3O2S2. The van der Waals surface area contributed by atoms with Gasteiger partial charge in [0.2, 0.25) is 10.0 Å². The van der Waals surface area contributed by atoms with Crippen molar-refractivity contribution in [2.45, 2.75) is 30.3 Å². The molecule has 0 aromatic carbocycles. The Morgan fingerprint density at radius 3 is 2.65 bits per heavy atom. The lowest BCUT2D eigenvalue weighted by Crippen LogP contribution is -2.57. The van der Waals surface area contributed by atoms with Crippen molar-refractivity contribution in [2.75, 3.05) is 19.6 Å². The summed E-state index contributed by atoms with van der Waals surface area (Å²) in [5.41, 5.74) is 5.58. The van der Waals surface area contributed by atoms with Crippen molar-refractivity contribution in [3.63, 3.8) is 0 Å². The Balaban J connectivity index is 1.80. The molecule has 3 N–H and O–H groups in total. The van der Waals surface area contributed by atoms with Crippen molar-refractivity contribution < 1.29 is 8.42 Å². The van der Waals surface area contributed by atoms with Gasteiger partial charge in [0.15, 0.2) is 0 Å². The predicted octanol–water partition coefficient (Wildman–Crippen LogP) is 1.34. The quantitative estimate of drug-likeness (QED) is 0.827. The minimum absolute atomic E-state index is 0.0376. The summed E-state index contributed by atoms with van der Waals surface area (Å²) < 4.78 is 28.6. The van der Waals surface area contributed by atoms with Crippen LogP contribution in [0.2, 0.25) is 0 Å². The van der Waals surface area contributed by atoms with Crippen LogP contribution in [0.5, 0.6) is 0 Å². The first-order chi connectivity index (χ1) is 9.49. The van der Waals surface area contributed by atoms with Crippen molar-refractivity contribution >= 4 is 37.3 Å². The number of sulfonamides is 1. The molecule has 4 heterocycles. The fourth-order valence-corrected chi connectivity index (χ4v) is 6.90. The van der Waals surface area contributed by atoms with E-state index in [1.807, 2.05) is 0 Å². The Morgan fingerprint density at radius 2 is 2.15 bits per heavy atom. The van der Waals surface area contributed by atoms with E-state index < -0.39 is 10.0 Å². The molecule has 1 unspecified atom stereocenters. The van der Waals surface area contributed by atoms with Gasteiger partial charge in [0, 0.05) is 24.0 Å². The molecule has 2 bridgehead atoms. The Morgan fingerprint density at radius 1 is 1.45 bits per heavy atom. The molecule has 112 valence electrons. The third kappa shape index (κ3) is 2.82. The zero-order chi connectivity index (χ0) is 14.3. The van der Waals surface area contributed by atoms with Gasteiger partial charge in [-0.2, -0.15) is 0 Å². The minimum Gasteiger partial charge on any atom is -0.326 e. The third-order valence-corrected chi connectivity index (χ3v) is 7.92. The van der Waals surface area contributed by atoms with Gasteiger partial charge in [0.25, 0.3) is 0 Å². The lowest BCUT2D eigenvalue weighted by atomic mass is 9.85. The fourth-order valence-electron chi connectivity index (χ4n) is 3.04. The summed E-state index contributed by atoms with van der Waals surface area (Å²) in [6.07, 6.45) is 2.18. The van der Waals surface area contributed by atoms with Crippen LogP contribution in [-0.2, 0) is 16.6 Å². The van der Waals surface area contributed by atoms with E-state index in [0.29, 0.717) is 21.1 Å². The van der Waals surface area contributed by atoms with Crippen LogP contribution in [0, 0.1) is 5.92 Å². The lowest BCUT2D eigenvalue weighted by molar-refractivity contribution is 0.0827. The van der Waals surface area contributed by atoms with Gasteiger partial charge in [-0.1, -0.05) is 0 Å². The number of nitrogens with zero attached hydrogens (tertiary/aromatic N) is 1. The van der Waals surface area contributed by atoms with Gasteiger partial charge in [0.1, 0.15) is 4.90 Å². The molecule has 5 nitrogen and oxygen atoms in total. The highest BCUT2D eigenvalue weighted by atomic mass is 79.9. The van der Waals surface area contributed by atoms with E-state index in [9.17, 15) is 8.42 Å². The number of fused-ring (bicyclic) bond motifs is 3. The number of hydrogen-bond donors (Lipinski definition) is 2. The molecule has 3 saturated heterocycles. The molecule has 0 spiro atoms. The van der Waals surface area contributed by atoms with E-state index in [4.69, 9.17) is 5.73 Å². The number of nitrogens with two attached hydrogens (primary N) is 1. The Labute approximate surface area is 131 Å². The second-order valence-electron chi connectivity index (χ2n) is 5.42. The number of halogens is 1. The summed E-state index contributed by atoms with van der Waals surface area (Å²) in [4.78, 5) is 3.52. The summed E-state index contributed by atoms with van der Waals surface area (Å²) in [6.45, 7) is 3.39. The largest absolute Gasteiger partial charge is 0.326 e. The number of rotatable bonds is 4. The second-order valence-corrected chi connectivity index (χ2v) is 9.56. The van der Waals surface area contributed by atoms with Crippen molar-refractivity contribution in [2.24, 2.45) is 11.7 Å². The first-order valence-corrected chi connectivity index (χ1v) is 9.82. The first kappa shape index (κ1) is 14.9. The van der Waals surface area contributed by atoms with Gasteiger partial charge in [-0.15, -0.1) is 11.3 Å². The van der Waals surface area contributed by atoms with Crippen LogP contribution in [0.15, 0.2) is 14.7 Å².